The molecule has 0 radical (unpaired) electrons. The predicted octanol–water partition coefficient (Wildman–Crippen LogP) is 3.52. The smallest absolute Gasteiger partial charge is 0.101 e. The number of nitrogen functional groups attached to an aromatic ring is 1. The number of nitrogens with one attached hydrogen (secondary N) is 1. The van der Waals surface area contributed by atoms with Crippen molar-refractivity contribution >= 4 is 11.4 Å². The van der Waals surface area contributed by atoms with Crippen molar-refractivity contribution in [2.24, 2.45) is 5.92 Å². The van der Waals surface area contributed by atoms with Gasteiger partial charge in [-0.3, -0.25) is 0 Å². The monoisotopic (exact) mass is 243 g/mol. The molecule has 1 saturated carbocycles. The summed E-state index contributed by atoms with van der Waals surface area (Å²) in [5.74, 6) is 0.894. The van der Waals surface area contributed by atoms with E-state index in [0.717, 1.165) is 11.6 Å². The molecule has 1 aliphatic carbocycles. The van der Waals surface area contributed by atoms with Gasteiger partial charge in [0.25, 0.3) is 0 Å². The highest BCUT2D eigenvalue weighted by Crippen LogP contribution is 2.30. The predicted molar refractivity (Wildman–Crippen MR) is 75.2 cm³/mol. The van der Waals surface area contributed by atoms with Crippen molar-refractivity contribution in [2.75, 3.05) is 11.1 Å². The van der Waals surface area contributed by atoms with Crippen LogP contribution in [0.2, 0.25) is 0 Å². The lowest BCUT2D eigenvalue weighted by Crippen LogP contribution is -2.26. The zero-order valence-corrected chi connectivity index (χ0v) is 10.9. The highest BCUT2D eigenvalue weighted by molar-refractivity contribution is 5.73. The second-order valence-electron chi connectivity index (χ2n) is 5.15. The first-order valence-electron chi connectivity index (χ1n) is 6.79. The summed E-state index contributed by atoms with van der Waals surface area (Å²) in [6, 6.07) is 8.23. The molecule has 3 N–H and O–H groups in total. The SMILES string of the molecule is CCC1CCC(Nc2cccc(C#N)c2N)CC1. The van der Waals surface area contributed by atoms with E-state index < -0.39 is 0 Å². The minimum absolute atomic E-state index is 0.504. The van der Waals surface area contributed by atoms with E-state index >= 15 is 0 Å². The third-order valence-corrected chi connectivity index (χ3v) is 4.01. The van der Waals surface area contributed by atoms with E-state index in [0.29, 0.717) is 17.3 Å². The van der Waals surface area contributed by atoms with Gasteiger partial charge in [-0.25, -0.2) is 0 Å². The summed E-state index contributed by atoms with van der Waals surface area (Å²) in [6.07, 6.45) is 6.29. The Bertz CT molecular complexity index is 440. The second kappa shape index (κ2) is 5.77. The van der Waals surface area contributed by atoms with Crippen molar-refractivity contribution in [3.05, 3.63) is 23.8 Å². The minimum Gasteiger partial charge on any atom is -0.396 e. The lowest BCUT2D eigenvalue weighted by Gasteiger charge is -2.29. The summed E-state index contributed by atoms with van der Waals surface area (Å²) < 4.78 is 0. The van der Waals surface area contributed by atoms with Gasteiger partial charge in [-0.1, -0.05) is 19.4 Å². The van der Waals surface area contributed by atoms with Crippen LogP contribution in [0, 0.1) is 17.2 Å². The molecule has 0 unspecified atom stereocenters. The Morgan fingerprint density at radius 3 is 2.67 bits per heavy atom. The van der Waals surface area contributed by atoms with Crippen LogP contribution < -0.4 is 11.1 Å². The number of benzene rings is 1. The fraction of sp³-hybridized carbons (Fsp3) is 0.533. The maximum absolute atomic E-state index is 8.96. The van der Waals surface area contributed by atoms with Crippen molar-refractivity contribution in [3.8, 4) is 6.07 Å². The van der Waals surface area contributed by atoms with E-state index in [1.165, 1.54) is 32.1 Å². The molecule has 0 amide bonds. The second-order valence-corrected chi connectivity index (χ2v) is 5.15. The Morgan fingerprint density at radius 2 is 2.06 bits per heavy atom. The summed E-state index contributed by atoms with van der Waals surface area (Å²) in [4.78, 5) is 0. The maximum Gasteiger partial charge on any atom is 0.101 e. The van der Waals surface area contributed by atoms with Crippen molar-refractivity contribution in [3.63, 3.8) is 0 Å². The Labute approximate surface area is 109 Å². The number of nitrogens with zero attached hydrogens (tertiary/aromatic N) is 1. The quantitative estimate of drug-likeness (QED) is 0.798. The van der Waals surface area contributed by atoms with Crippen LogP contribution in [0.3, 0.4) is 0 Å². The molecule has 0 spiro atoms. The lowest BCUT2D eigenvalue weighted by molar-refractivity contribution is 0.330. The molecule has 1 aromatic carbocycles. The normalized spacial score (nSPS) is 23.3. The minimum atomic E-state index is 0.504. The van der Waals surface area contributed by atoms with E-state index in [9.17, 15) is 0 Å². The highest BCUT2D eigenvalue weighted by atomic mass is 14.9. The van der Waals surface area contributed by atoms with Crippen LogP contribution in [-0.4, -0.2) is 6.04 Å². The molecule has 0 saturated heterocycles. The molecule has 0 aromatic heterocycles. The molecule has 1 aromatic rings. The first kappa shape index (κ1) is 12.8. The third-order valence-electron chi connectivity index (χ3n) is 4.01. The van der Waals surface area contributed by atoms with Gasteiger partial charge < -0.3 is 11.1 Å². The van der Waals surface area contributed by atoms with Crippen molar-refractivity contribution in [1.29, 1.82) is 5.26 Å². The molecule has 0 heterocycles. The molecule has 96 valence electrons. The van der Waals surface area contributed by atoms with Crippen LogP contribution in [0.4, 0.5) is 11.4 Å². The maximum atomic E-state index is 8.96. The average Bonchev–Trinajstić information content (AvgIpc) is 2.42. The van der Waals surface area contributed by atoms with E-state index in [2.05, 4.69) is 18.3 Å². The molecule has 2 rings (SSSR count). The van der Waals surface area contributed by atoms with Crippen molar-refractivity contribution in [2.45, 2.75) is 45.1 Å². The number of nitrogens with two attached hydrogens (primary N) is 1. The molecule has 1 aliphatic rings. The molecule has 3 heteroatoms. The number of hydrogen-bond acceptors (Lipinski definition) is 3. The molecule has 1 fully saturated rings. The fourth-order valence-corrected chi connectivity index (χ4v) is 2.72. The summed E-state index contributed by atoms with van der Waals surface area (Å²) in [5.41, 5.74) is 8.03. The standard InChI is InChI=1S/C15H21N3/c1-2-11-6-8-13(9-7-11)18-14-5-3-4-12(10-16)15(14)17/h3-5,11,13,18H,2,6-9,17H2,1H3. The van der Waals surface area contributed by atoms with Crippen LogP contribution in [-0.2, 0) is 0 Å². The number of rotatable bonds is 3. The fourth-order valence-electron chi connectivity index (χ4n) is 2.72. The topological polar surface area (TPSA) is 61.8 Å². The van der Waals surface area contributed by atoms with Gasteiger partial charge >= 0.3 is 0 Å². The van der Waals surface area contributed by atoms with Gasteiger partial charge in [0.15, 0.2) is 0 Å². The Hall–Kier alpha value is -1.69. The van der Waals surface area contributed by atoms with Crippen LogP contribution in [0.5, 0.6) is 0 Å². The zero-order chi connectivity index (χ0) is 13.0. The van der Waals surface area contributed by atoms with E-state index in [-0.39, 0.29) is 0 Å². The number of hydrogen-bond donors (Lipinski definition) is 2. The van der Waals surface area contributed by atoms with Gasteiger partial charge in [0.1, 0.15) is 6.07 Å². The summed E-state index contributed by atoms with van der Waals surface area (Å²) in [6.45, 7) is 2.27. The van der Waals surface area contributed by atoms with Crippen LogP contribution in [0.15, 0.2) is 18.2 Å². The number of nitriles is 1. The molecule has 0 atom stereocenters. The van der Waals surface area contributed by atoms with Gasteiger partial charge in [0.05, 0.1) is 16.9 Å². The molecule has 3 nitrogen and oxygen atoms in total. The Balaban J connectivity index is 2.01. The van der Waals surface area contributed by atoms with Gasteiger partial charge in [0.2, 0.25) is 0 Å². The first-order chi connectivity index (χ1) is 8.74. The highest BCUT2D eigenvalue weighted by Gasteiger charge is 2.20. The van der Waals surface area contributed by atoms with E-state index in [4.69, 9.17) is 11.0 Å². The molecular weight excluding hydrogens is 222 g/mol. The van der Waals surface area contributed by atoms with Gasteiger partial charge in [-0.15, -0.1) is 0 Å². The zero-order valence-electron chi connectivity index (χ0n) is 10.9. The average molecular weight is 243 g/mol. The largest absolute Gasteiger partial charge is 0.396 e. The number of anilines is 2. The lowest BCUT2D eigenvalue weighted by atomic mass is 9.84. The first-order valence-corrected chi connectivity index (χ1v) is 6.79. The van der Waals surface area contributed by atoms with Crippen molar-refractivity contribution < 1.29 is 0 Å². The Morgan fingerprint density at radius 1 is 1.33 bits per heavy atom. The van der Waals surface area contributed by atoms with Crippen LogP contribution in [0.25, 0.3) is 0 Å². The third kappa shape index (κ3) is 2.76. The Kier molecular flexibility index (Phi) is 4.09. The van der Waals surface area contributed by atoms with Gasteiger partial charge in [-0.05, 0) is 43.7 Å². The molecular formula is C15H21N3. The van der Waals surface area contributed by atoms with Gasteiger partial charge in [0, 0.05) is 6.04 Å². The summed E-state index contributed by atoms with van der Waals surface area (Å²) in [7, 11) is 0. The van der Waals surface area contributed by atoms with E-state index in [1.807, 2.05) is 12.1 Å². The molecule has 0 aliphatic heterocycles. The summed E-state index contributed by atoms with van der Waals surface area (Å²) >= 11 is 0. The summed E-state index contributed by atoms with van der Waals surface area (Å²) in [5, 5.41) is 12.4. The van der Waals surface area contributed by atoms with Gasteiger partial charge in [-0.2, -0.15) is 5.26 Å². The molecule has 18 heavy (non-hydrogen) atoms. The number of para-hydroxylation sites is 1. The van der Waals surface area contributed by atoms with Crippen LogP contribution >= 0.6 is 0 Å². The van der Waals surface area contributed by atoms with Crippen LogP contribution in [0.1, 0.15) is 44.6 Å². The van der Waals surface area contributed by atoms with E-state index in [1.54, 1.807) is 6.07 Å². The van der Waals surface area contributed by atoms with Crippen molar-refractivity contribution in [1.82, 2.24) is 0 Å². The molecule has 0 bridgehead atoms.